The zero-order chi connectivity index (χ0) is 11.8. The van der Waals surface area contributed by atoms with E-state index in [4.69, 9.17) is 5.26 Å². The Morgan fingerprint density at radius 3 is 2.50 bits per heavy atom. The predicted octanol–water partition coefficient (Wildman–Crippen LogP) is 3.13. The van der Waals surface area contributed by atoms with Crippen LogP contribution in [0.15, 0.2) is 30.3 Å². The molecule has 0 saturated heterocycles. The molecule has 1 aromatic heterocycles. The summed E-state index contributed by atoms with van der Waals surface area (Å²) >= 11 is 0. The topological polar surface area (TPSA) is 36.7 Å². The molecule has 0 aliphatic carbocycles. The maximum atomic E-state index is 12.3. The van der Waals surface area contributed by atoms with Gasteiger partial charge in [0.05, 0.1) is 17.1 Å². The van der Waals surface area contributed by atoms with E-state index in [1.165, 1.54) is 24.3 Å². The Labute approximate surface area is 89.0 Å². The van der Waals surface area contributed by atoms with E-state index in [2.05, 4.69) is 4.98 Å². The van der Waals surface area contributed by atoms with Crippen molar-refractivity contribution in [1.29, 1.82) is 5.26 Å². The van der Waals surface area contributed by atoms with Gasteiger partial charge in [0, 0.05) is 5.39 Å². The number of benzene rings is 1. The summed E-state index contributed by atoms with van der Waals surface area (Å²) in [7, 11) is 0. The van der Waals surface area contributed by atoms with Crippen LogP contribution in [0.2, 0.25) is 0 Å². The number of alkyl halides is 3. The molecule has 2 nitrogen and oxygen atoms in total. The van der Waals surface area contributed by atoms with E-state index in [1.807, 2.05) is 6.07 Å². The van der Waals surface area contributed by atoms with Crippen molar-refractivity contribution in [3.8, 4) is 6.07 Å². The number of nitriles is 1. The number of rotatable bonds is 0. The molecule has 5 heteroatoms. The van der Waals surface area contributed by atoms with Crippen LogP contribution in [0.25, 0.3) is 10.9 Å². The van der Waals surface area contributed by atoms with Crippen molar-refractivity contribution in [2.45, 2.75) is 6.18 Å². The van der Waals surface area contributed by atoms with Gasteiger partial charge in [0.25, 0.3) is 0 Å². The fraction of sp³-hybridized carbons (Fsp3) is 0.0909. The minimum absolute atomic E-state index is 0.230. The van der Waals surface area contributed by atoms with Gasteiger partial charge in [-0.2, -0.15) is 18.4 Å². The zero-order valence-corrected chi connectivity index (χ0v) is 7.92. The van der Waals surface area contributed by atoms with Gasteiger partial charge in [-0.25, -0.2) is 4.98 Å². The monoisotopic (exact) mass is 222 g/mol. The number of fused-ring (bicyclic) bond motifs is 1. The standard InChI is InChI=1S/C11H5F3N2/c12-11(13,14)10-4-2-8-5-7(6-15)1-3-9(8)16-10/h1-5H. The average molecular weight is 222 g/mol. The minimum atomic E-state index is -4.44. The molecule has 0 atom stereocenters. The molecule has 0 fully saturated rings. The summed E-state index contributed by atoms with van der Waals surface area (Å²) in [5.74, 6) is 0. The van der Waals surface area contributed by atoms with Crippen molar-refractivity contribution in [2.75, 3.05) is 0 Å². The molecule has 0 saturated carbocycles. The first kappa shape index (κ1) is 10.4. The van der Waals surface area contributed by atoms with Crippen molar-refractivity contribution in [1.82, 2.24) is 4.98 Å². The van der Waals surface area contributed by atoms with Crippen molar-refractivity contribution in [2.24, 2.45) is 0 Å². The maximum Gasteiger partial charge on any atom is 0.433 e. The SMILES string of the molecule is N#Cc1ccc2nc(C(F)(F)F)ccc2c1. The molecule has 0 N–H and O–H groups in total. The molecule has 1 heterocycles. The first-order valence-electron chi connectivity index (χ1n) is 4.39. The number of pyridine rings is 1. The van der Waals surface area contributed by atoms with Crippen molar-refractivity contribution < 1.29 is 13.2 Å². The van der Waals surface area contributed by atoms with Gasteiger partial charge in [-0.3, -0.25) is 0 Å². The van der Waals surface area contributed by atoms with Crippen LogP contribution in [0.4, 0.5) is 13.2 Å². The normalized spacial score (nSPS) is 11.4. The van der Waals surface area contributed by atoms with Crippen LogP contribution in [0.5, 0.6) is 0 Å². The maximum absolute atomic E-state index is 12.3. The van der Waals surface area contributed by atoms with Crippen LogP contribution >= 0.6 is 0 Å². The van der Waals surface area contributed by atoms with Crippen LogP contribution in [0.3, 0.4) is 0 Å². The van der Waals surface area contributed by atoms with Gasteiger partial charge in [-0.05, 0) is 24.3 Å². The molecule has 16 heavy (non-hydrogen) atoms. The van der Waals surface area contributed by atoms with Crippen LogP contribution in [0, 0.1) is 11.3 Å². The number of aromatic nitrogens is 1. The highest BCUT2D eigenvalue weighted by atomic mass is 19.4. The molecule has 0 spiro atoms. The second-order valence-corrected chi connectivity index (χ2v) is 3.21. The third-order valence-electron chi connectivity index (χ3n) is 2.11. The molecular weight excluding hydrogens is 217 g/mol. The highest BCUT2D eigenvalue weighted by molar-refractivity contribution is 5.80. The zero-order valence-electron chi connectivity index (χ0n) is 7.92. The van der Waals surface area contributed by atoms with Crippen molar-refractivity contribution in [3.63, 3.8) is 0 Å². The van der Waals surface area contributed by atoms with Gasteiger partial charge < -0.3 is 0 Å². The van der Waals surface area contributed by atoms with Gasteiger partial charge in [0.2, 0.25) is 0 Å². The fourth-order valence-corrected chi connectivity index (χ4v) is 1.35. The summed E-state index contributed by atoms with van der Waals surface area (Å²) in [5.41, 5.74) is -0.299. The molecule has 1 aromatic carbocycles. The summed E-state index contributed by atoms with van der Waals surface area (Å²) in [6, 6.07) is 8.48. The van der Waals surface area contributed by atoms with Crippen molar-refractivity contribution in [3.05, 3.63) is 41.6 Å². The lowest BCUT2D eigenvalue weighted by atomic mass is 10.1. The molecule has 0 aliphatic heterocycles. The van der Waals surface area contributed by atoms with Gasteiger partial charge >= 0.3 is 6.18 Å². The third-order valence-corrected chi connectivity index (χ3v) is 2.11. The highest BCUT2D eigenvalue weighted by Gasteiger charge is 2.32. The van der Waals surface area contributed by atoms with Crippen molar-refractivity contribution >= 4 is 10.9 Å². The van der Waals surface area contributed by atoms with Crippen LogP contribution in [-0.4, -0.2) is 4.98 Å². The largest absolute Gasteiger partial charge is 0.433 e. The fourth-order valence-electron chi connectivity index (χ4n) is 1.35. The van der Waals surface area contributed by atoms with Gasteiger partial charge in [0.15, 0.2) is 0 Å². The molecule has 80 valence electrons. The summed E-state index contributed by atoms with van der Waals surface area (Å²) < 4.78 is 37.0. The smallest absolute Gasteiger partial charge is 0.243 e. The number of nitrogens with zero attached hydrogens (tertiary/aromatic N) is 2. The quantitative estimate of drug-likeness (QED) is 0.686. The third kappa shape index (κ3) is 1.82. The Kier molecular flexibility index (Phi) is 2.27. The lowest BCUT2D eigenvalue weighted by Gasteiger charge is -2.06. The average Bonchev–Trinajstić information content (AvgIpc) is 2.26. The van der Waals surface area contributed by atoms with E-state index in [9.17, 15) is 13.2 Å². The molecule has 0 unspecified atom stereocenters. The predicted molar refractivity (Wildman–Crippen MR) is 51.5 cm³/mol. The molecule has 0 amide bonds. The Morgan fingerprint density at radius 2 is 1.88 bits per heavy atom. The summed E-state index contributed by atoms with van der Waals surface area (Å²) in [6.45, 7) is 0. The highest BCUT2D eigenvalue weighted by Crippen LogP contribution is 2.29. The van der Waals surface area contributed by atoms with E-state index in [-0.39, 0.29) is 5.52 Å². The Bertz CT molecular complexity index is 582. The molecule has 0 aliphatic rings. The van der Waals surface area contributed by atoms with Gasteiger partial charge in [-0.15, -0.1) is 0 Å². The van der Waals surface area contributed by atoms with E-state index in [0.29, 0.717) is 10.9 Å². The summed E-state index contributed by atoms with van der Waals surface area (Å²) in [6.07, 6.45) is -4.44. The van der Waals surface area contributed by atoms with Crippen LogP contribution in [-0.2, 0) is 6.18 Å². The second kappa shape index (κ2) is 3.49. The van der Waals surface area contributed by atoms with E-state index in [1.54, 1.807) is 0 Å². The van der Waals surface area contributed by atoms with Crippen LogP contribution < -0.4 is 0 Å². The van der Waals surface area contributed by atoms with E-state index < -0.39 is 11.9 Å². The Balaban J connectivity index is 2.62. The van der Waals surface area contributed by atoms with E-state index >= 15 is 0 Å². The minimum Gasteiger partial charge on any atom is -0.243 e. The molecular formula is C11H5F3N2. The first-order chi connectivity index (χ1) is 7.50. The van der Waals surface area contributed by atoms with Gasteiger partial charge in [0.1, 0.15) is 5.69 Å². The molecule has 0 bridgehead atoms. The van der Waals surface area contributed by atoms with Crippen LogP contribution in [0.1, 0.15) is 11.3 Å². The molecule has 2 aromatic rings. The first-order valence-corrected chi connectivity index (χ1v) is 4.39. The lowest BCUT2D eigenvalue weighted by molar-refractivity contribution is -0.140. The summed E-state index contributed by atoms with van der Waals surface area (Å²) in [4.78, 5) is 3.49. The van der Waals surface area contributed by atoms with Gasteiger partial charge in [-0.1, -0.05) is 6.07 Å². The number of hydrogen-bond donors (Lipinski definition) is 0. The van der Waals surface area contributed by atoms with E-state index in [0.717, 1.165) is 6.07 Å². The molecule has 0 radical (unpaired) electrons. The number of halogens is 3. The summed E-state index contributed by atoms with van der Waals surface area (Å²) in [5, 5.41) is 9.15. The second-order valence-electron chi connectivity index (χ2n) is 3.21. The lowest BCUT2D eigenvalue weighted by Crippen LogP contribution is -2.07. The number of hydrogen-bond acceptors (Lipinski definition) is 2. The Morgan fingerprint density at radius 1 is 1.12 bits per heavy atom. The Hall–Kier alpha value is -2.09. The molecule has 2 rings (SSSR count).